The maximum Gasteiger partial charge on any atom is 0.130 e. The molecule has 3 rings (SSSR count). The van der Waals surface area contributed by atoms with E-state index < -0.39 is 0 Å². The number of methoxy groups -OCH3 is 1. The molecule has 1 aromatic rings. The predicted octanol–water partition coefficient (Wildman–Crippen LogP) is 3.85. The molecule has 2 N–H and O–H groups in total. The lowest BCUT2D eigenvalue weighted by Crippen LogP contribution is -2.30. The Bertz CT molecular complexity index is 658. The first-order chi connectivity index (χ1) is 11.2. The van der Waals surface area contributed by atoms with Gasteiger partial charge in [0.05, 0.1) is 7.11 Å². The first-order valence-corrected chi connectivity index (χ1v) is 8.39. The van der Waals surface area contributed by atoms with Crippen LogP contribution in [-0.4, -0.2) is 19.8 Å². The van der Waals surface area contributed by atoms with E-state index in [1.807, 2.05) is 6.08 Å². The zero-order chi connectivity index (χ0) is 16.2. The van der Waals surface area contributed by atoms with Gasteiger partial charge in [0, 0.05) is 12.1 Å². The predicted molar refractivity (Wildman–Crippen MR) is 94.2 cm³/mol. The highest BCUT2D eigenvalue weighted by Crippen LogP contribution is 2.37. The monoisotopic (exact) mass is 311 g/mol. The molecule has 23 heavy (non-hydrogen) atoms. The molecular weight excluding hydrogens is 286 g/mol. The van der Waals surface area contributed by atoms with Crippen LogP contribution in [0, 0.1) is 5.92 Å². The third kappa shape index (κ3) is 3.35. The van der Waals surface area contributed by atoms with Crippen molar-refractivity contribution in [3.8, 4) is 5.75 Å². The lowest BCUT2D eigenvalue weighted by molar-refractivity contribution is 0.181. The van der Waals surface area contributed by atoms with Gasteiger partial charge in [-0.15, -0.1) is 0 Å². The van der Waals surface area contributed by atoms with E-state index in [0.717, 1.165) is 36.3 Å². The zero-order valence-corrected chi connectivity index (χ0v) is 13.9. The molecule has 3 nitrogen and oxygen atoms in total. The van der Waals surface area contributed by atoms with Gasteiger partial charge in [0.1, 0.15) is 17.6 Å². The number of nitrogens with two attached hydrogens (primary N) is 1. The van der Waals surface area contributed by atoms with Crippen molar-refractivity contribution < 1.29 is 9.47 Å². The van der Waals surface area contributed by atoms with E-state index in [4.69, 9.17) is 15.2 Å². The molecule has 0 aromatic heterocycles. The molecule has 0 saturated carbocycles. The topological polar surface area (TPSA) is 44.5 Å². The van der Waals surface area contributed by atoms with Crippen molar-refractivity contribution >= 4 is 5.57 Å². The second kappa shape index (κ2) is 7.05. The lowest BCUT2D eigenvalue weighted by atomic mass is 9.93. The van der Waals surface area contributed by atoms with Crippen LogP contribution in [-0.2, 0) is 11.2 Å². The summed E-state index contributed by atoms with van der Waals surface area (Å²) in [6.07, 6.45) is 11.8. The van der Waals surface area contributed by atoms with E-state index in [2.05, 4.69) is 43.4 Å². The van der Waals surface area contributed by atoms with Crippen molar-refractivity contribution in [2.24, 2.45) is 11.7 Å². The van der Waals surface area contributed by atoms with E-state index in [9.17, 15) is 0 Å². The zero-order valence-electron chi connectivity index (χ0n) is 13.9. The second-order valence-corrected chi connectivity index (χ2v) is 6.11. The Balaban J connectivity index is 2.00. The van der Waals surface area contributed by atoms with Crippen LogP contribution in [0.3, 0.4) is 0 Å². The fourth-order valence-electron chi connectivity index (χ4n) is 3.18. The Morgan fingerprint density at radius 2 is 2.13 bits per heavy atom. The normalized spacial score (nSPS) is 23.3. The summed E-state index contributed by atoms with van der Waals surface area (Å²) in [6.45, 7) is 2.75. The van der Waals surface area contributed by atoms with Crippen LogP contribution in [0.15, 0.2) is 48.3 Å². The van der Waals surface area contributed by atoms with Crippen molar-refractivity contribution in [3.63, 3.8) is 0 Å². The van der Waals surface area contributed by atoms with E-state index in [1.165, 1.54) is 11.1 Å². The summed E-state index contributed by atoms with van der Waals surface area (Å²) in [6, 6.07) is 6.41. The Kier molecular flexibility index (Phi) is 4.87. The third-order valence-corrected chi connectivity index (χ3v) is 4.60. The van der Waals surface area contributed by atoms with Crippen molar-refractivity contribution in [2.75, 3.05) is 13.7 Å². The number of hydrogen-bond donors (Lipinski definition) is 1. The van der Waals surface area contributed by atoms with Gasteiger partial charge in [-0.05, 0) is 48.5 Å². The highest BCUT2D eigenvalue weighted by atomic mass is 16.5. The van der Waals surface area contributed by atoms with Crippen LogP contribution in [0.25, 0.3) is 5.57 Å². The quantitative estimate of drug-likeness (QED) is 0.918. The van der Waals surface area contributed by atoms with Crippen LogP contribution in [0.1, 0.15) is 30.9 Å². The van der Waals surface area contributed by atoms with Crippen molar-refractivity contribution in [1.29, 1.82) is 0 Å². The van der Waals surface area contributed by atoms with Gasteiger partial charge in [-0.2, -0.15) is 0 Å². The van der Waals surface area contributed by atoms with Gasteiger partial charge >= 0.3 is 0 Å². The van der Waals surface area contributed by atoms with Gasteiger partial charge < -0.3 is 15.2 Å². The standard InChI is InChI=1S/C20H25NO2/c1-3-14-11-16(8-9-17(12-14)22-2)19-6-4-5-15-7-10-18(13-21)23-20(15)19/h4-6,8-9,11-12,14,18H,3,7,10,13,21H2,1-2H3. The van der Waals surface area contributed by atoms with E-state index in [-0.39, 0.29) is 6.10 Å². The largest absolute Gasteiger partial charge is 0.497 e. The molecule has 1 heterocycles. The van der Waals surface area contributed by atoms with E-state index in [1.54, 1.807) is 7.11 Å². The maximum absolute atomic E-state index is 6.18. The molecule has 0 amide bonds. The number of benzene rings is 1. The molecule has 2 atom stereocenters. The Labute approximate surface area is 138 Å². The van der Waals surface area contributed by atoms with Crippen LogP contribution >= 0.6 is 0 Å². The molecule has 0 spiro atoms. The van der Waals surface area contributed by atoms with Crippen LogP contribution in [0.5, 0.6) is 5.75 Å². The number of allylic oxidation sites excluding steroid dienone is 5. The average Bonchev–Trinajstić information content (AvgIpc) is 2.82. The number of rotatable bonds is 4. The number of hydrogen-bond acceptors (Lipinski definition) is 3. The maximum atomic E-state index is 6.18. The molecule has 0 bridgehead atoms. The van der Waals surface area contributed by atoms with Gasteiger partial charge in [0.15, 0.2) is 0 Å². The van der Waals surface area contributed by atoms with E-state index in [0.29, 0.717) is 12.5 Å². The summed E-state index contributed by atoms with van der Waals surface area (Å²) in [5.41, 5.74) is 9.44. The number of ether oxygens (including phenoxy) is 2. The molecule has 122 valence electrons. The number of para-hydroxylation sites is 1. The second-order valence-electron chi connectivity index (χ2n) is 6.11. The van der Waals surface area contributed by atoms with Gasteiger partial charge in [0.2, 0.25) is 0 Å². The first kappa shape index (κ1) is 15.9. The highest BCUT2D eigenvalue weighted by Gasteiger charge is 2.22. The number of aryl methyl sites for hydroxylation is 1. The molecule has 0 saturated heterocycles. The van der Waals surface area contributed by atoms with E-state index >= 15 is 0 Å². The smallest absolute Gasteiger partial charge is 0.130 e. The Morgan fingerprint density at radius 1 is 1.26 bits per heavy atom. The van der Waals surface area contributed by atoms with Crippen molar-refractivity contribution in [2.45, 2.75) is 32.3 Å². The third-order valence-electron chi connectivity index (χ3n) is 4.60. The van der Waals surface area contributed by atoms with Crippen LogP contribution in [0.4, 0.5) is 0 Å². The van der Waals surface area contributed by atoms with Gasteiger partial charge in [-0.25, -0.2) is 0 Å². The van der Waals surface area contributed by atoms with Crippen LogP contribution < -0.4 is 10.5 Å². The highest BCUT2D eigenvalue weighted by molar-refractivity contribution is 5.80. The Morgan fingerprint density at radius 3 is 2.87 bits per heavy atom. The Hall–Kier alpha value is -2.00. The van der Waals surface area contributed by atoms with Crippen molar-refractivity contribution in [1.82, 2.24) is 0 Å². The summed E-state index contributed by atoms with van der Waals surface area (Å²) in [7, 11) is 1.72. The van der Waals surface area contributed by atoms with Gasteiger partial charge in [-0.1, -0.05) is 37.3 Å². The molecular formula is C20H25NO2. The molecule has 1 aliphatic carbocycles. The summed E-state index contributed by atoms with van der Waals surface area (Å²) in [4.78, 5) is 0. The lowest BCUT2D eigenvalue weighted by Gasteiger charge is -2.27. The molecule has 2 aliphatic rings. The fourth-order valence-corrected chi connectivity index (χ4v) is 3.18. The minimum absolute atomic E-state index is 0.119. The van der Waals surface area contributed by atoms with Crippen LogP contribution in [0.2, 0.25) is 0 Å². The number of fused-ring (bicyclic) bond motifs is 1. The average molecular weight is 311 g/mol. The molecule has 0 fully saturated rings. The SMILES string of the molecule is CCC1C=C(OC)C=CC(c2cccc3c2OC(CN)CC3)=C1. The summed E-state index contributed by atoms with van der Waals surface area (Å²) in [5.74, 6) is 2.27. The molecule has 3 heteroatoms. The minimum atomic E-state index is 0.119. The summed E-state index contributed by atoms with van der Waals surface area (Å²) >= 11 is 0. The van der Waals surface area contributed by atoms with Gasteiger partial charge in [-0.3, -0.25) is 0 Å². The van der Waals surface area contributed by atoms with Crippen molar-refractivity contribution in [3.05, 3.63) is 59.4 Å². The molecule has 0 radical (unpaired) electrons. The molecule has 1 aromatic carbocycles. The minimum Gasteiger partial charge on any atom is -0.497 e. The molecule has 2 unspecified atom stereocenters. The summed E-state index contributed by atoms with van der Waals surface area (Å²) < 4.78 is 11.6. The first-order valence-electron chi connectivity index (χ1n) is 8.39. The van der Waals surface area contributed by atoms with Gasteiger partial charge in [0.25, 0.3) is 0 Å². The summed E-state index contributed by atoms with van der Waals surface area (Å²) in [5, 5.41) is 0. The fraction of sp³-hybridized carbons (Fsp3) is 0.400. The molecule has 1 aliphatic heterocycles.